The third kappa shape index (κ3) is 4.17. The summed E-state index contributed by atoms with van der Waals surface area (Å²) in [5, 5.41) is 0.918. The molecule has 0 bridgehead atoms. The minimum Gasteiger partial charge on any atom is -0.299 e. The second-order valence-corrected chi connectivity index (χ2v) is 9.30. The minimum absolute atomic E-state index is 0.0680. The summed E-state index contributed by atoms with van der Waals surface area (Å²) in [5.41, 5.74) is 3.32. The number of aryl methyl sites for hydroxylation is 1. The number of pyridine rings is 1. The van der Waals surface area contributed by atoms with Crippen LogP contribution in [0.25, 0.3) is 27.8 Å². The maximum absolute atomic E-state index is 14.8. The summed E-state index contributed by atoms with van der Waals surface area (Å²) < 4.78 is 40.8. The molecule has 0 atom stereocenters. The van der Waals surface area contributed by atoms with Crippen molar-refractivity contribution in [1.29, 1.82) is 0 Å². The summed E-state index contributed by atoms with van der Waals surface area (Å²) >= 11 is 6.39. The Morgan fingerprint density at radius 1 is 1.16 bits per heavy atom. The lowest BCUT2D eigenvalue weighted by atomic mass is 10.0. The fourth-order valence-electron chi connectivity index (χ4n) is 3.40. The molecule has 0 radical (unpaired) electrons. The van der Waals surface area contributed by atoms with Gasteiger partial charge in [0.05, 0.1) is 22.5 Å². The van der Waals surface area contributed by atoms with Crippen LogP contribution in [0.4, 0.5) is 4.39 Å². The first-order valence-corrected chi connectivity index (χ1v) is 11.5. The molecule has 0 aliphatic rings. The predicted molar refractivity (Wildman–Crippen MR) is 119 cm³/mol. The van der Waals surface area contributed by atoms with Crippen LogP contribution in [0.1, 0.15) is 15.9 Å². The highest BCUT2D eigenvalue weighted by atomic mass is 35.5. The van der Waals surface area contributed by atoms with Crippen molar-refractivity contribution in [2.75, 3.05) is 6.26 Å². The van der Waals surface area contributed by atoms with Crippen LogP contribution in [-0.2, 0) is 10.0 Å². The van der Waals surface area contributed by atoms with Crippen LogP contribution in [0.2, 0.25) is 5.02 Å². The van der Waals surface area contributed by atoms with E-state index in [-0.39, 0.29) is 10.7 Å². The fourth-order valence-corrected chi connectivity index (χ4v) is 4.10. The Balaban J connectivity index is 1.88. The first-order chi connectivity index (χ1) is 14.6. The van der Waals surface area contributed by atoms with Gasteiger partial charge in [-0.25, -0.2) is 22.5 Å². The highest BCUT2D eigenvalue weighted by Crippen LogP contribution is 2.34. The molecule has 0 unspecified atom stereocenters. The molecule has 0 saturated carbocycles. The number of amides is 1. The van der Waals surface area contributed by atoms with Crippen LogP contribution in [0.3, 0.4) is 0 Å². The lowest BCUT2D eigenvalue weighted by molar-refractivity contribution is 0.0978. The summed E-state index contributed by atoms with van der Waals surface area (Å²) in [6, 6.07) is 13.9. The largest absolute Gasteiger partial charge is 0.299 e. The molecule has 0 fully saturated rings. The first kappa shape index (κ1) is 21.0. The van der Waals surface area contributed by atoms with Crippen LogP contribution < -0.4 is 4.72 Å². The number of carbonyl (C=O) groups excluding carboxylic acids is 1. The molecule has 2 heterocycles. The van der Waals surface area contributed by atoms with E-state index in [2.05, 4.69) is 4.98 Å². The predicted octanol–water partition coefficient (Wildman–Crippen LogP) is 4.48. The second-order valence-electron chi connectivity index (χ2n) is 7.14. The number of carbonyl (C=O) groups is 1. The molecule has 1 amide bonds. The summed E-state index contributed by atoms with van der Waals surface area (Å²) in [6.07, 6.45) is 4.24. The summed E-state index contributed by atoms with van der Waals surface area (Å²) in [4.78, 5) is 16.5. The third-order valence-electron chi connectivity index (χ3n) is 4.71. The Labute approximate surface area is 183 Å². The molecule has 9 heteroatoms. The smallest absolute Gasteiger partial charge is 0.267 e. The molecule has 31 heavy (non-hydrogen) atoms. The van der Waals surface area contributed by atoms with Gasteiger partial charge in [0.2, 0.25) is 10.0 Å². The van der Waals surface area contributed by atoms with Gasteiger partial charge in [0.1, 0.15) is 11.5 Å². The minimum atomic E-state index is -3.85. The van der Waals surface area contributed by atoms with Gasteiger partial charge in [0.15, 0.2) is 0 Å². The van der Waals surface area contributed by atoms with Crippen molar-refractivity contribution < 1.29 is 17.6 Å². The van der Waals surface area contributed by atoms with Gasteiger partial charge < -0.3 is 0 Å². The van der Waals surface area contributed by atoms with Crippen molar-refractivity contribution in [1.82, 2.24) is 14.3 Å². The van der Waals surface area contributed by atoms with Crippen molar-refractivity contribution in [2.45, 2.75) is 6.92 Å². The molecule has 6 nitrogen and oxygen atoms in total. The molecule has 4 aromatic rings. The summed E-state index contributed by atoms with van der Waals surface area (Å²) in [5.74, 6) is -2.00. The van der Waals surface area contributed by atoms with E-state index in [4.69, 9.17) is 11.6 Å². The molecule has 0 spiro atoms. The van der Waals surface area contributed by atoms with Crippen molar-refractivity contribution in [3.05, 3.63) is 82.9 Å². The molecular weight excluding hydrogens is 441 g/mol. The Morgan fingerprint density at radius 3 is 2.65 bits per heavy atom. The lowest BCUT2D eigenvalue weighted by Crippen LogP contribution is -2.30. The van der Waals surface area contributed by atoms with Crippen molar-refractivity contribution in [3.63, 3.8) is 0 Å². The lowest BCUT2D eigenvalue weighted by Gasteiger charge is -2.10. The van der Waals surface area contributed by atoms with Crippen molar-refractivity contribution in [2.24, 2.45) is 0 Å². The average molecular weight is 458 g/mol. The number of hydrogen-bond donors (Lipinski definition) is 1. The molecule has 2 aromatic carbocycles. The van der Waals surface area contributed by atoms with Crippen LogP contribution >= 0.6 is 11.6 Å². The van der Waals surface area contributed by atoms with Crippen molar-refractivity contribution in [3.8, 4) is 16.8 Å². The van der Waals surface area contributed by atoms with Crippen LogP contribution in [0.5, 0.6) is 0 Å². The van der Waals surface area contributed by atoms with Gasteiger partial charge in [0, 0.05) is 29.4 Å². The molecule has 158 valence electrons. The highest BCUT2D eigenvalue weighted by Gasteiger charge is 2.21. The van der Waals surface area contributed by atoms with E-state index in [0.29, 0.717) is 5.65 Å². The Kier molecular flexibility index (Phi) is 5.28. The monoisotopic (exact) mass is 457 g/mol. The van der Waals surface area contributed by atoms with Gasteiger partial charge in [-0.3, -0.25) is 9.36 Å². The zero-order valence-corrected chi connectivity index (χ0v) is 18.1. The topological polar surface area (TPSA) is 81.1 Å². The SMILES string of the molecule is Cc1cccc(-c2cn(-c3cc(F)c(C(=O)NS(C)(=O)=O)cc3Cl)c3ncccc23)c1. The number of nitrogens with zero attached hydrogens (tertiary/aromatic N) is 2. The number of benzene rings is 2. The third-order valence-corrected chi connectivity index (χ3v) is 5.57. The number of sulfonamides is 1. The van der Waals surface area contributed by atoms with Gasteiger partial charge in [0.25, 0.3) is 5.91 Å². The summed E-state index contributed by atoms with van der Waals surface area (Å²) in [7, 11) is -3.85. The molecule has 1 N–H and O–H groups in total. The number of hydrogen-bond acceptors (Lipinski definition) is 4. The molecule has 0 aliphatic heterocycles. The summed E-state index contributed by atoms with van der Waals surface area (Å²) in [6.45, 7) is 1.99. The molecular formula is C22H17ClFN3O3S. The maximum atomic E-state index is 14.8. The van der Waals surface area contributed by atoms with E-state index in [9.17, 15) is 17.6 Å². The number of rotatable bonds is 4. The van der Waals surface area contributed by atoms with Crippen LogP contribution in [0, 0.1) is 12.7 Å². The Hall–Kier alpha value is -3.23. The van der Waals surface area contributed by atoms with Crippen molar-refractivity contribution >= 4 is 38.6 Å². The second kappa shape index (κ2) is 7.79. The van der Waals surface area contributed by atoms with Crippen LogP contribution in [-0.4, -0.2) is 30.1 Å². The van der Waals surface area contributed by atoms with E-state index >= 15 is 0 Å². The van der Waals surface area contributed by atoms with Gasteiger partial charge in [-0.1, -0.05) is 41.4 Å². The van der Waals surface area contributed by atoms with E-state index < -0.39 is 27.3 Å². The zero-order chi connectivity index (χ0) is 22.3. The number of halogens is 2. The Morgan fingerprint density at radius 2 is 1.94 bits per heavy atom. The molecule has 2 aromatic heterocycles. The van der Waals surface area contributed by atoms with Gasteiger partial charge in [-0.05, 0) is 30.7 Å². The number of aromatic nitrogens is 2. The number of fused-ring (bicyclic) bond motifs is 1. The molecule has 0 aliphatic carbocycles. The van der Waals surface area contributed by atoms with Gasteiger partial charge in [-0.15, -0.1) is 0 Å². The van der Waals surface area contributed by atoms with E-state index in [1.54, 1.807) is 15.5 Å². The van der Waals surface area contributed by atoms with E-state index in [1.807, 2.05) is 49.5 Å². The number of nitrogens with one attached hydrogen (secondary N) is 1. The highest BCUT2D eigenvalue weighted by molar-refractivity contribution is 7.89. The van der Waals surface area contributed by atoms with Gasteiger partial charge >= 0.3 is 0 Å². The van der Waals surface area contributed by atoms with Crippen LogP contribution in [0.15, 0.2) is 60.9 Å². The first-order valence-electron chi connectivity index (χ1n) is 9.19. The fraction of sp³-hybridized carbons (Fsp3) is 0.0909. The Bertz CT molecular complexity index is 1450. The van der Waals surface area contributed by atoms with E-state index in [1.165, 1.54) is 0 Å². The zero-order valence-electron chi connectivity index (χ0n) is 16.6. The quantitative estimate of drug-likeness (QED) is 0.490. The molecule has 0 saturated heterocycles. The normalized spacial score (nSPS) is 11.6. The molecule has 4 rings (SSSR count). The van der Waals surface area contributed by atoms with E-state index in [0.717, 1.165) is 40.5 Å². The standard InChI is InChI=1S/C22H17ClFN3O3S/c1-13-5-3-6-14(9-13)17-12-27(21-15(17)7-4-8-25-21)20-11-19(24)16(10-18(20)23)22(28)26-31(2,29)30/h3-12H,1-2H3,(H,26,28). The maximum Gasteiger partial charge on any atom is 0.267 e. The van der Waals surface area contributed by atoms with Gasteiger partial charge in [-0.2, -0.15) is 0 Å². The average Bonchev–Trinajstić information content (AvgIpc) is 3.07.